The Balaban J connectivity index is 1.71. The number of carbonyl (C=O) groups is 2. The number of carboxylic acids is 1. The van der Waals surface area contributed by atoms with E-state index in [4.69, 9.17) is 14.6 Å². The van der Waals surface area contributed by atoms with Gasteiger partial charge in [-0.05, 0) is 24.5 Å². The van der Waals surface area contributed by atoms with E-state index in [1.54, 1.807) is 6.08 Å². The third-order valence-corrected chi connectivity index (χ3v) is 4.90. The Morgan fingerprint density at radius 2 is 2.00 bits per heavy atom. The van der Waals surface area contributed by atoms with Gasteiger partial charge < -0.3 is 14.6 Å². The number of rotatable bonds is 3. The summed E-state index contributed by atoms with van der Waals surface area (Å²) in [5.41, 5.74) is 1.63. The molecule has 1 aromatic rings. The third-order valence-electron chi connectivity index (χ3n) is 4.90. The highest BCUT2D eigenvalue weighted by Gasteiger charge is 2.61. The topological polar surface area (TPSA) is 72.8 Å². The highest BCUT2D eigenvalue weighted by Crippen LogP contribution is 2.54. The summed E-state index contributed by atoms with van der Waals surface area (Å²) in [7, 11) is 0. The van der Waals surface area contributed by atoms with E-state index >= 15 is 0 Å². The number of esters is 1. The van der Waals surface area contributed by atoms with Crippen molar-refractivity contribution in [2.24, 2.45) is 11.8 Å². The Bertz CT molecular complexity index is 665. The van der Waals surface area contributed by atoms with Gasteiger partial charge in [-0.25, -0.2) is 4.79 Å². The van der Waals surface area contributed by atoms with Crippen molar-refractivity contribution in [3.05, 3.63) is 41.5 Å². The second kappa shape index (κ2) is 4.95. The predicted octanol–water partition coefficient (Wildman–Crippen LogP) is 2.18. The summed E-state index contributed by atoms with van der Waals surface area (Å²) in [5.74, 6) is -1.30. The van der Waals surface area contributed by atoms with E-state index in [0.29, 0.717) is 0 Å². The van der Waals surface area contributed by atoms with Crippen LogP contribution in [0.25, 0.3) is 6.08 Å². The molecule has 5 heteroatoms. The SMILES string of the molecule is O=C(O)C=Cc1ccccc1C1OC(=O)C2C3CCC(O3)C12. The fourth-order valence-electron chi connectivity index (χ4n) is 4.04. The number of carboxylic acid groups (broad SMARTS) is 1. The molecule has 0 saturated carbocycles. The zero-order valence-corrected chi connectivity index (χ0v) is 11.8. The Morgan fingerprint density at radius 1 is 1.23 bits per heavy atom. The second-order valence-electron chi connectivity index (χ2n) is 6.05. The van der Waals surface area contributed by atoms with Gasteiger partial charge in [0.2, 0.25) is 0 Å². The first kappa shape index (κ1) is 13.5. The number of ether oxygens (including phenoxy) is 2. The monoisotopic (exact) mass is 300 g/mol. The minimum absolute atomic E-state index is 0.00535. The Labute approximate surface area is 127 Å². The summed E-state index contributed by atoms with van der Waals surface area (Å²) in [6, 6.07) is 7.46. The molecule has 114 valence electrons. The van der Waals surface area contributed by atoms with Crippen molar-refractivity contribution in [3.8, 4) is 0 Å². The largest absolute Gasteiger partial charge is 0.478 e. The average molecular weight is 300 g/mol. The highest BCUT2D eigenvalue weighted by atomic mass is 16.6. The molecule has 0 spiro atoms. The minimum Gasteiger partial charge on any atom is -0.478 e. The third kappa shape index (κ3) is 1.96. The van der Waals surface area contributed by atoms with Crippen molar-refractivity contribution >= 4 is 18.0 Å². The van der Waals surface area contributed by atoms with Crippen LogP contribution in [-0.2, 0) is 19.1 Å². The number of cyclic esters (lactones) is 1. The number of hydrogen-bond acceptors (Lipinski definition) is 4. The second-order valence-corrected chi connectivity index (χ2v) is 6.05. The number of aliphatic carboxylic acids is 1. The molecule has 0 aromatic heterocycles. The van der Waals surface area contributed by atoms with E-state index in [0.717, 1.165) is 30.0 Å². The van der Waals surface area contributed by atoms with Crippen molar-refractivity contribution in [3.63, 3.8) is 0 Å². The molecule has 3 aliphatic heterocycles. The molecule has 0 aliphatic carbocycles. The molecular weight excluding hydrogens is 284 g/mol. The molecule has 3 heterocycles. The van der Waals surface area contributed by atoms with Gasteiger partial charge in [0, 0.05) is 17.6 Å². The van der Waals surface area contributed by atoms with E-state index in [-0.39, 0.29) is 36.1 Å². The molecule has 4 rings (SSSR count). The molecule has 3 fully saturated rings. The van der Waals surface area contributed by atoms with E-state index < -0.39 is 5.97 Å². The smallest absolute Gasteiger partial charge is 0.328 e. The zero-order chi connectivity index (χ0) is 15.3. The molecule has 3 saturated heterocycles. The summed E-state index contributed by atoms with van der Waals surface area (Å²) in [5, 5.41) is 8.82. The summed E-state index contributed by atoms with van der Waals surface area (Å²) in [4.78, 5) is 22.9. The van der Waals surface area contributed by atoms with Gasteiger partial charge in [0.1, 0.15) is 6.10 Å². The van der Waals surface area contributed by atoms with Gasteiger partial charge in [-0.2, -0.15) is 0 Å². The van der Waals surface area contributed by atoms with Crippen molar-refractivity contribution in [1.82, 2.24) is 0 Å². The van der Waals surface area contributed by atoms with Crippen LogP contribution in [0.4, 0.5) is 0 Å². The molecule has 5 unspecified atom stereocenters. The highest BCUT2D eigenvalue weighted by molar-refractivity contribution is 5.85. The molecule has 5 atom stereocenters. The summed E-state index contributed by atoms with van der Waals surface area (Å²) in [6.07, 6.45) is 4.26. The van der Waals surface area contributed by atoms with Crippen LogP contribution in [-0.4, -0.2) is 29.3 Å². The van der Waals surface area contributed by atoms with Crippen LogP contribution in [0.15, 0.2) is 30.3 Å². The van der Waals surface area contributed by atoms with E-state index in [1.807, 2.05) is 24.3 Å². The standard InChI is InChI=1S/C17H16O5/c18-13(19)8-5-9-3-1-2-4-10(9)16-14-11-6-7-12(21-11)15(14)17(20)22-16/h1-5,8,11-12,14-16H,6-7H2,(H,18,19). The number of benzene rings is 1. The predicted molar refractivity (Wildman–Crippen MR) is 76.8 cm³/mol. The van der Waals surface area contributed by atoms with Crippen LogP contribution < -0.4 is 0 Å². The van der Waals surface area contributed by atoms with Gasteiger partial charge in [-0.1, -0.05) is 24.3 Å². The zero-order valence-electron chi connectivity index (χ0n) is 11.8. The maximum atomic E-state index is 12.2. The summed E-state index contributed by atoms with van der Waals surface area (Å²) < 4.78 is 11.5. The van der Waals surface area contributed by atoms with Crippen LogP contribution in [0.1, 0.15) is 30.1 Å². The van der Waals surface area contributed by atoms with Gasteiger partial charge in [0.15, 0.2) is 0 Å². The molecule has 0 radical (unpaired) electrons. The van der Waals surface area contributed by atoms with Crippen LogP contribution in [0.2, 0.25) is 0 Å². The lowest BCUT2D eigenvalue weighted by Crippen LogP contribution is -2.28. The van der Waals surface area contributed by atoms with E-state index in [9.17, 15) is 9.59 Å². The molecule has 0 amide bonds. The normalized spacial score (nSPS) is 35.8. The average Bonchev–Trinajstić information content (AvgIpc) is 3.19. The fraction of sp³-hybridized carbons (Fsp3) is 0.412. The van der Waals surface area contributed by atoms with Crippen LogP contribution in [0.5, 0.6) is 0 Å². The van der Waals surface area contributed by atoms with Crippen LogP contribution in [0.3, 0.4) is 0 Å². The first-order valence-corrected chi connectivity index (χ1v) is 7.51. The van der Waals surface area contributed by atoms with Gasteiger partial charge in [0.25, 0.3) is 0 Å². The first-order chi connectivity index (χ1) is 10.6. The maximum Gasteiger partial charge on any atom is 0.328 e. The summed E-state index contributed by atoms with van der Waals surface area (Å²) >= 11 is 0. The van der Waals surface area contributed by atoms with Gasteiger partial charge in [-0.3, -0.25) is 4.79 Å². The first-order valence-electron chi connectivity index (χ1n) is 7.51. The van der Waals surface area contributed by atoms with Gasteiger partial charge in [-0.15, -0.1) is 0 Å². The molecular formula is C17H16O5. The molecule has 1 N–H and O–H groups in total. The van der Waals surface area contributed by atoms with Crippen LogP contribution in [0, 0.1) is 11.8 Å². The molecule has 1 aromatic carbocycles. The van der Waals surface area contributed by atoms with Crippen molar-refractivity contribution in [2.75, 3.05) is 0 Å². The molecule has 2 bridgehead atoms. The summed E-state index contributed by atoms with van der Waals surface area (Å²) in [6.45, 7) is 0. The lowest BCUT2D eigenvalue weighted by Gasteiger charge is -2.23. The number of carbonyl (C=O) groups excluding carboxylic acids is 1. The molecule has 5 nitrogen and oxygen atoms in total. The van der Waals surface area contributed by atoms with E-state index in [1.165, 1.54) is 0 Å². The fourth-order valence-corrected chi connectivity index (χ4v) is 4.04. The Kier molecular flexibility index (Phi) is 3.04. The lowest BCUT2D eigenvalue weighted by atomic mass is 9.76. The van der Waals surface area contributed by atoms with Crippen molar-refractivity contribution in [1.29, 1.82) is 0 Å². The Hall–Kier alpha value is -2.14. The maximum absolute atomic E-state index is 12.2. The lowest BCUT2D eigenvalue weighted by molar-refractivity contribution is -0.147. The molecule has 22 heavy (non-hydrogen) atoms. The van der Waals surface area contributed by atoms with Crippen LogP contribution >= 0.6 is 0 Å². The molecule has 3 aliphatic rings. The minimum atomic E-state index is -1.00. The number of hydrogen-bond donors (Lipinski definition) is 1. The quantitative estimate of drug-likeness (QED) is 0.684. The Morgan fingerprint density at radius 3 is 2.82 bits per heavy atom. The van der Waals surface area contributed by atoms with Gasteiger partial charge in [0.05, 0.1) is 18.1 Å². The van der Waals surface area contributed by atoms with Crippen molar-refractivity contribution in [2.45, 2.75) is 31.2 Å². The van der Waals surface area contributed by atoms with E-state index in [2.05, 4.69) is 0 Å². The van der Waals surface area contributed by atoms with Crippen molar-refractivity contribution < 1.29 is 24.2 Å². The van der Waals surface area contributed by atoms with Gasteiger partial charge >= 0.3 is 11.9 Å². The number of fused-ring (bicyclic) bond motifs is 5.